The highest BCUT2D eigenvalue weighted by molar-refractivity contribution is 5.76. The maximum atomic E-state index is 12.7. The molecule has 2 aliphatic rings. The molecule has 32 heavy (non-hydrogen) atoms. The number of fused-ring (bicyclic) bond motifs is 1. The van der Waals surface area contributed by atoms with Gasteiger partial charge in [0.15, 0.2) is 0 Å². The number of rotatable bonds is 8. The zero-order chi connectivity index (χ0) is 22.3. The molecular formula is C27H37N3O2. The highest BCUT2D eigenvalue weighted by atomic mass is 16.5. The number of amides is 1. The van der Waals surface area contributed by atoms with Gasteiger partial charge in [-0.2, -0.15) is 0 Å². The van der Waals surface area contributed by atoms with Crippen LogP contribution in [0.4, 0.5) is 5.69 Å². The van der Waals surface area contributed by atoms with Gasteiger partial charge in [0.2, 0.25) is 5.91 Å². The summed E-state index contributed by atoms with van der Waals surface area (Å²) in [4.78, 5) is 17.6. The van der Waals surface area contributed by atoms with Crippen LogP contribution in [-0.2, 0) is 17.6 Å². The fraction of sp³-hybridized carbons (Fsp3) is 0.519. The number of nitrogens with zero attached hydrogens (tertiary/aromatic N) is 2. The van der Waals surface area contributed by atoms with Gasteiger partial charge in [0, 0.05) is 32.2 Å². The summed E-state index contributed by atoms with van der Waals surface area (Å²) in [5.41, 5.74) is 5.31. The number of ether oxygens (including phenoxy) is 1. The number of nitrogens with one attached hydrogen (secondary N) is 1. The van der Waals surface area contributed by atoms with Gasteiger partial charge in [-0.05, 0) is 80.1 Å². The maximum Gasteiger partial charge on any atom is 0.220 e. The number of piperidine rings is 1. The van der Waals surface area contributed by atoms with Gasteiger partial charge >= 0.3 is 0 Å². The first-order valence-corrected chi connectivity index (χ1v) is 12.1. The van der Waals surface area contributed by atoms with Gasteiger partial charge < -0.3 is 15.0 Å². The van der Waals surface area contributed by atoms with Gasteiger partial charge in [-0.3, -0.25) is 9.69 Å². The summed E-state index contributed by atoms with van der Waals surface area (Å²) >= 11 is 0. The molecule has 0 aromatic heterocycles. The van der Waals surface area contributed by atoms with E-state index in [-0.39, 0.29) is 11.9 Å². The lowest BCUT2D eigenvalue weighted by Gasteiger charge is -2.36. The average Bonchev–Trinajstić information content (AvgIpc) is 2.84. The van der Waals surface area contributed by atoms with E-state index in [9.17, 15) is 4.79 Å². The molecule has 2 aromatic carbocycles. The molecule has 5 heteroatoms. The Bertz CT molecular complexity index is 890. The van der Waals surface area contributed by atoms with Crippen LogP contribution >= 0.6 is 0 Å². The Kier molecular flexibility index (Phi) is 7.69. The maximum absolute atomic E-state index is 12.7. The number of methoxy groups -OCH3 is 1. The second-order valence-corrected chi connectivity index (χ2v) is 9.18. The Balaban J connectivity index is 1.40. The molecule has 0 spiro atoms. The van der Waals surface area contributed by atoms with Gasteiger partial charge in [-0.1, -0.05) is 30.7 Å². The molecule has 2 heterocycles. The first-order chi connectivity index (χ1) is 15.6. The predicted molar refractivity (Wildman–Crippen MR) is 131 cm³/mol. The van der Waals surface area contributed by atoms with Crippen LogP contribution in [0.15, 0.2) is 42.5 Å². The van der Waals surface area contributed by atoms with Gasteiger partial charge in [0.05, 0.1) is 13.2 Å². The van der Waals surface area contributed by atoms with Crippen molar-refractivity contribution in [2.75, 3.05) is 45.2 Å². The lowest BCUT2D eigenvalue weighted by molar-refractivity contribution is -0.121. The Hall–Kier alpha value is -2.53. The summed E-state index contributed by atoms with van der Waals surface area (Å²) in [5, 5.41) is 3.24. The molecule has 4 rings (SSSR count). The van der Waals surface area contributed by atoms with Crippen LogP contribution in [0.1, 0.15) is 54.8 Å². The summed E-state index contributed by atoms with van der Waals surface area (Å²) in [5.74, 6) is 0.972. The highest BCUT2D eigenvalue weighted by Crippen LogP contribution is 2.31. The van der Waals surface area contributed by atoms with Gasteiger partial charge in [-0.15, -0.1) is 0 Å². The average molecular weight is 436 g/mol. The van der Waals surface area contributed by atoms with Gasteiger partial charge in [0.1, 0.15) is 5.75 Å². The summed E-state index contributed by atoms with van der Waals surface area (Å²) in [6.07, 6.45) is 7.42. The predicted octanol–water partition coefficient (Wildman–Crippen LogP) is 4.35. The lowest BCUT2D eigenvalue weighted by Crippen LogP contribution is -2.40. The summed E-state index contributed by atoms with van der Waals surface area (Å²) in [6, 6.07) is 15.2. The van der Waals surface area contributed by atoms with Crippen LogP contribution in [-0.4, -0.2) is 51.1 Å². The number of aryl methyl sites for hydroxylation is 2. The van der Waals surface area contributed by atoms with E-state index in [0.717, 1.165) is 43.8 Å². The summed E-state index contributed by atoms with van der Waals surface area (Å²) in [6.45, 7) is 4.04. The standard InChI is InChI=1S/C27H37N3O2/c1-29-16-6-7-22-19-23(11-14-25(22)29)26(30-17-4-3-5-18-30)20-28-27(31)15-10-21-8-12-24(32-2)13-9-21/h8-9,11-14,19,26H,3-7,10,15-18,20H2,1-2H3,(H,28,31)/t26-/m1/s1. The van der Waals surface area contributed by atoms with Crippen LogP contribution in [0.2, 0.25) is 0 Å². The molecule has 0 bridgehead atoms. The van der Waals surface area contributed by atoms with E-state index in [1.807, 2.05) is 24.3 Å². The number of carbonyl (C=O) groups is 1. The van der Waals surface area contributed by atoms with Crippen molar-refractivity contribution in [3.8, 4) is 5.75 Å². The fourth-order valence-corrected chi connectivity index (χ4v) is 5.05. The van der Waals surface area contributed by atoms with Gasteiger partial charge in [0.25, 0.3) is 0 Å². The molecule has 0 aliphatic carbocycles. The number of hydrogen-bond donors (Lipinski definition) is 1. The van der Waals surface area contributed by atoms with E-state index < -0.39 is 0 Å². The van der Waals surface area contributed by atoms with E-state index in [2.05, 4.69) is 40.4 Å². The highest BCUT2D eigenvalue weighted by Gasteiger charge is 2.24. The number of hydrogen-bond acceptors (Lipinski definition) is 4. The van der Waals surface area contributed by atoms with Crippen LogP contribution in [0.3, 0.4) is 0 Å². The third-order valence-electron chi connectivity index (χ3n) is 6.96. The Morgan fingerprint density at radius 1 is 1.03 bits per heavy atom. The van der Waals surface area contributed by atoms with Crippen molar-refractivity contribution in [1.29, 1.82) is 0 Å². The minimum absolute atomic E-state index is 0.125. The van der Waals surface area contributed by atoms with Crippen molar-refractivity contribution in [3.63, 3.8) is 0 Å². The van der Waals surface area contributed by atoms with Crippen LogP contribution in [0.5, 0.6) is 5.75 Å². The quantitative estimate of drug-likeness (QED) is 0.669. The molecule has 0 saturated carbocycles. The minimum Gasteiger partial charge on any atom is -0.497 e. The first kappa shape index (κ1) is 22.7. The van der Waals surface area contributed by atoms with E-state index in [0.29, 0.717) is 13.0 Å². The Morgan fingerprint density at radius 3 is 2.56 bits per heavy atom. The minimum atomic E-state index is 0.125. The number of anilines is 1. The smallest absolute Gasteiger partial charge is 0.220 e. The van der Waals surface area contributed by atoms with Crippen molar-refractivity contribution >= 4 is 11.6 Å². The fourth-order valence-electron chi connectivity index (χ4n) is 5.05. The number of likely N-dealkylation sites (tertiary alicyclic amines) is 1. The van der Waals surface area contributed by atoms with Crippen LogP contribution < -0.4 is 15.0 Å². The largest absolute Gasteiger partial charge is 0.497 e. The first-order valence-electron chi connectivity index (χ1n) is 12.1. The zero-order valence-electron chi connectivity index (χ0n) is 19.6. The van der Waals surface area contributed by atoms with Crippen molar-refractivity contribution < 1.29 is 9.53 Å². The topological polar surface area (TPSA) is 44.8 Å². The van der Waals surface area contributed by atoms with E-state index in [1.165, 1.54) is 42.5 Å². The molecule has 172 valence electrons. The van der Waals surface area contributed by atoms with Crippen LogP contribution in [0, 0.1) is 0 Å². The van der Waals surface area contributed by atoms with E-state index in [4.69, 9.17) is 4.74 Å². The molecular weight excluding hydrogens is 398 g/mol. The second-order valence-electron chi connectivity index (χ2n) is 9.18. The Labute approximate surface area is 192 Å². The molecule has 1 fully saturated rings. The molecule has 2 aliphatic heterocycles. The molecule has 2 aromatic rings. The lowest BCUT2D eigenvalue weighted by atomic mass is 9.95. The number of carbonyl (C=O) groups excluding carboxylic acids is 1. The molecule has 1 saturated heterocycles. The third-order valence-corrected chi connectivity index (χ3v) is 6.96. The van der Waals surface area contributed by atoms with Crippen molar-refractivity contribution in [2.45, 2.75) is 51.0 Å². The molecule has 1 amide bonds. The zero-order valence-corrected chi connectivity index (χ0v) is 19.6. The molecule has 0 radical (unpaired) electrons. The third kappa shape index (κ3) is 5.63. The Morgan fingerprint density at radius 2 is 1.81 bits per heavy atom. The van der Waals surface area contributed by atoms with Crippen LogP contribution in [0.25, 0.3) is 0 Å². The van der Waals surface area contributed by atoms with Crippen molar-refractivity contribution in [2.24, 2.45) is 0 Å². The molecule has 1 atom stereocenters. The number of benzene rings is 2. The van der Waals surface area contributed by atoms with Gasteiger partial charge in [-0.25, -0.2) is 0 Å². The normalized spacial score (nSPS) is 17.5. The summed E-state index contributed by atoms with van der Waals surface area (Å²) in [7, 11) is 3.85. The molecule has 1 N–H and O–H groups in total. The second kappa shape index (κ2) is 10.9. The van der Waals surface area contributed by atoms with E-state index in [1.54, 1.807) is 7.11 Å². The van der Waals surface area contributed by atoms with Crippen molar-refractivity contribution in [1.82, 2.24) is 10.2 Å². The monoisotopic (exact) mass is 435 g/mol. The molecule has 0 unspecified atom stereocenters. The SMILES string of the molecule is COc1ccc(CCC(=O)NC[C@H](c2ccc3c(c2)CCCN3C)N2CCCCC2)cc1. The summed E-state index contributed by atoms with van der Waals surface area (Å²) < 4.78 is 5.21. The van der Waals surface area contributed by atoms with E-state index >= 15 is 0 Å². The van der Waals surface area contributed by atoms with Crippen molar-refractivity contribution in [3.05, 3.63) is 59.2 Å². The molecule has 5 nitrogen and oxygen atoms in total.